The lowest BCUT2D eigenvalue weighted by Gasteiger charge is -2.16. The van der Waals surface area contributed by atoms with E-state index in [-0.39, 0.29) is 22.1 Å². The number of ether oxygens (including phenoxy) is 1. The van der Waals surface area contributed by atoms with Gasteiger partial charge in [-0.05, 0) is 43.2 Å². The SMILES string of the molecule is O=C(COc1ccccc1F)Nc1cc(S(=O)(=O)N2CCCC2)ccc1O. The summed E-state index contributed by atoms with van der Waals surface area (Å²) >= 11 is 0. The number of carbonyl (C=O) groups is 1. The molecule has 7 nitrogen and oxygen atoms in total. The van der Waals surface area contributed by atoms with Crippen LogP contribution in [0.25, 0.3) is 0 Å². The molecule has 9 heteroatoms. The van der Waals surface area contributed by atoms with E-state index in [0.29, 0.717) is 13.1 Å². The smallest absolute Gasteiger partial charge is 0.262 e. The van der Waals surface area contributed by atoms with Crippen molar-refractivity contribution in [3.63, 3.8) is 0 Å². The van der Waals surface area contributed by atoms with Gasteiger partial charge in [0.05, 0.1) is 10.6 Å². The first-order valence-electron chi connectivity index (χ1n) is 8.38. The maximum absolute atomic E-state index is 13.5. The molecule has 1 amide bonds. The second kappa shape index (κ2) is 7.93. The number of anilines is 1. The van der Waals surface area contributed by atoms with Gasteiger partial charge >= 0.3 is 0 Å². The van der Waals surface area contributed by atoms with Crippen molar-refractivity contribution in [2.75, 3.05) is 25.0 Å². The molecular formula is C18H19FN2O5S. The van der Waals surface area contributed by atoms with Gasteiger partial charge in [0.15, 0.2) is 18.2 Å². The molecule has 2 aromatic rings. The van der Waals surface area contributed by atoms with Crippen molar-refractivity contribution in [1.29, 1.82) is 0 Å². The Balaban J connectivity index is 1.71. The van der Waals surface area contributed by atoms with E-state index < -0.39 is 28.4 Å². The standard InChI is InChI=1S/C18H19FN2O5S/c19-14-5-1-2-6-17(14)26-12-18(23)20-15-11-13(7-8-16(15)22)27(24,25)21-9-3-4-10-21/h1-2,5-8,11,22H,3-4,9-10,12H2,(H,20,23). The van der Waals surface area contributed by atoms with Crippen molar-refractivity contribution in [2.45, 2.75) is 17.7 Å². The molecule has 1 heterocycles. The molecule has 0 bridgehead atoms. The highest BCUT2D eigenvalue weighted by Gasteiger charge is 2.27. The van der Waals surface area contributed by atoms with Crippen LogP contribution < -0.4 is 10.1 Å². The Labute approximate surface area is 156 Å². The molecule has 144 valence electrons. The number of phenols is 1. The molecule has 0 unspecified atom stereocenters. The van der Waals surface area contributed by atoms with Crippen LogP contribution in [0.4, 0.5) is 10.1 Å². The van der Waals surface area contributed by atoms with Crippen LogP contribution in [0.3, 0.4) is 0 Å². The molecule has 0 spiro atoms. The van der Waals surface area contributed by atoms with Crippen LogP contribution in [0.15, 0.2) is 47.4 Å². The van der Waals surface area contributed by atoms with Crippen LogP contribution in [-0.4, -0.2) is 43.4 Å². The molecule has 3 rings (SSSR count). The van der Waals surface area contributed by atoms with E-state index in [2.05, 4.69) is 5.32 Å². The lowest BCUT2D eigenvalue weighted by molar-refractivity contribution is -0.118. The maximum atomic E-state index is 13.5. The molecule has 1 saturated heterocycles. The number of carbonyl (C=O) groups excluding carboxylic acids is 1. The van der Waals surface area contributed by atoms with Crippen molar-refractivity contribution < 1.29 is 27.4 Å². The summed E-state index contributed by atoms with van der Waals surface area (Å²) in [5, 5.41) is 12.3. The minimum absolute atomic E-state index is 0.0208. The largest absolute Gasteiger partial charge is 0.506 e. The fourth-order valence-corrected chi connectivity index (χ4v) is 4.29. The van der Waals surface area contributed by atoms with Crippen LogP contribution in [0.1, 0.15) is 12.8 Å². The first kappa shape index (κ1) is 19.1. The number of hydrogen-bond acceptors (Lipinski definition) is 5. The van der Waals surface area contributed by atoms with E-state index in [9.17, 15) is 22.7 Å². The first-order chi connectivity index (χ1) is 12.9. The van der Waals surface area contributed by atoms with Crippen LogP contribution in [0, 0.1) is 5.82 Å². The van der Waals surface area contributed by atoms with Crippen LogP contribution in [0.5, 0.6) is 11.5 Å². The zero-order chi connectivity index (χ0) is 19.4. The van der Waals surface area contributed by atoms with Gasteiger partial charge in [-0.1, -0.05) is 12.1 Å². The fourth-order valence-electron chi connectivity index (χ4n) is 2.74. The highest BCUT2D eigenvalue weighted by molar-refractivity contribution is 7.89. The molecule has 0 atom stereocenters. The number of halogens is 1. The van der Waals surface area contributed by atoms with Crippen LogP contribution >= 0.6 is 0 Å². The summed E-state index contributed by atoms with van der Waals surface area (Å²) in [6.07, 6.45) is 1.60. The molecule has 0 aliphatic carbocycles. The van der Waals surface area contributed by atoms with E-state index in [4.69, 9.17) is 4.74 Å². The summed E-state index contributed by atoms with van der Waals surface area (Å²) in [6, 6.07) is 9.32. The Kier molecular flexibility index (Phi) is 5.62. The number of sulfonamides is 1. The number of para-hydroxylation sites is 1. The van der Waals surface area contributed by atoms with Gasteiger partial charge in [0.1, 0.15) is 5.75 Å². The third-order valence-electron chi connectivity index (χ3n) is 4.14. The summed E-state index contributed by atoms with van der Waals surface area (Å²) < 4.78 is 45.2. The summed E-state index contributed by atoms with van der Waals surface area (Å²) in [7, 11) is -3.68. The zero-order valence-electron chi connectivity index (χ0n) is 14.4. The van der Waals surface area contributed by atoms with Crippen molar-refractivity contribution in [2.24, 2.45) is 0 Å². The molecule has 1 fully saturated rings. The average molecular weight is 394 g/mol. The number of benzene rings is 2. The van der Waals surface area contributed by atoms with Gasteiger partial charge < -0.3 is 15.2 Å². The minimum atomic E-state index is -3.68. The number of aromatic hydroxyl groups is 1. The topological polar surface area (TPSA) is 95.9 Å². The number of nitrogens with zero attached hydrogens (tertiary/aromatic N) is 1. The monoisotopic (exact) mass is 394 g/mol. The van der Waals surface area contributed by atoms with Crippen LogP contribution in [0.2, 0.25) is 0 Å². The Morgan fingerprint density at radius 2 is 1.89 bits per heavy atom. The van der Waals surface area contributed by atoms with Gasteiger partial charge in [0, 0.05) is 13.1 Å². The number of amides is 1. The first-order valence-corrected chi connectivity index (χ1v) is 9.82. The molecular weight excluding hydrogens is 375 g/mol. The quantitative estimate of drug-likeness (QED) is 0.733. The Bertz CT molecular complexity index is 943. The fraction of sp³-hybridized carbons (Fsp3) is 0.278. The molecule has 1 aliphatic rings. The second-order valence-electron chi connectivity index (χ2n) is 6.06. The minimum Gasteiger partial charge on any atom is -0.506 e. The van der Waals surface area contributed by atoms with Gasteiger partial charge in [-0.3, -0.25) is 4.79 Å². The number of phenolic OH excluding ortho intramolecular Hbond substituents is 1. The number of nitrogens with one attached hydrogen (secondary N) is 1. The van der Waals surface area contributed by atoms with E-state index in [1.54, 1.807) is 6.07 Å². The van der Waals surface area contributed by atoms with Gasteiger partial charge in [-0.25, -0.2) is 12.8 Å². The molecule has 0 aromatic heterocycles. The number of rotatable bonds is 6. The zero-order valence-corrected chi connectivity index (χ0v) is 15.2. The summed E-state index contributed by atoms with van der Waals surface area (Å²) in [5.74, 6) is -1.63. The van der Waals surface area contributed by atoms with Crippen molar-refractivity contribution in [3.8, 4) is 11.5 Å². The highest BCUT2D eigenvalue weighted by atomic mass is 32.2. The van der Waals surface area contributed by atoms with Gasteiger partial charge in [-0.15, -0.1) is 0 Å². The summed E-state index contributed by atoms with van der Waals surface area (Å²) in [5.41, 5.74) is -0.0580. The highest BCUT2D eigenvalue weighted by Crippen LogP contribution is 2.29. The molecule has 2 N–H and O–H groups in total. The predicted octanol–water partition coefficient (Wildman–Crippen LogP) is 2.33. The van der Waals surface area contributed by atoms with Crippen LogP contribution in [-0.2, 0) is 14.8 Å². The third kappa shape index (κ3) is 4.37. The summed E-state index contributed by atoms with van der Waals surface area (Å²) in [4.78, 5) is 12.0. The second-order valence-corrected chi connectivity index (χ2v) is 8.00. The molecule has 27 heavy (non-hydrogen) atoms. The average Bonchev–Trinajstić information content (AvgIpc) is 3.18. The van der Waals surface area contributed by atoms with Crippen molar-refractivity contribution >= 4 is 21.6 Å². The maximum Gasteiger partial charge on any atom is 0.262 e. The van der Waals surface area contributed by atoms with E-state index in [0.717, 1.165) is 12.8 Å². The van der Waals surface area contributed by atoms with Gasteiger partial charge in [0.25, 0.3) is 5.91 Å². The van der Waals surface area contributed by atoms with E-state index in [1.807, 2.05) is 0 Å². The van der Waals surface area contributed by atoms with Crippen molar-refractivity contribution in [1.82, 2.24) is 4.31 Å². The Morgan fingerprint density at radius 3 is 2.59 bits per heavy atom. The van der Waals surface area contributed by atoms with Gasteiger partial charge in [-0.2, -0.15) is 4.31 Å². The number of hydrogen-bond donors (Lipinski definition) is 2. The van der Waals surface area contributed by atoms with E-state index >= 15 is 0 Å². The Hall–Kier alpha value is -2.65. The summed E-state index contributed by atoms with van der Waals surface area (Å²) in [6.45, 7) is 0.395. The molecule has 1 aliphatic heterocycles. The lowest BCUT2D eigenvalue weighted by atomic mass is 10.3. The molecule has 0 saturated carbocycles. The third-order valence-corrected chi connectivity index (χ3v) is 6.03. The normalized spacial score (nSPS) is 14.9. The molecule has 2 aromatic carbocycles. The Morgan fingerprint density at radius 1 is 1.19 bits per heavy atom. The lowest BCUT2D eigenvalue weighted by Crippen LogP contribution is -2.28. The molecule has 0 radical (unpaired) electrons. The van der Waals surface area contributed by atoms with E-state index in [1.165, 1.54) is 40.7 Å². The predicted molar refractivity (Wildman–Crippen MR) is 96.6 cm³/mol. The van der Waals surface area contributed by atoms with Crippen molar-refractivity contribution in [3.05, 3.63) is 48.3 Å². The van der Waals surface area contributed by atoms with Gasteiger partial charge in [0.2, 0.25) is 10.0 Å².